The number of rotatable bonds is 4. The van der Waals surface area contributed by atoms with Crippen molar-refractivity contribution in [1.82, 2.24) is 14.9 Å². The molecule has 0 aliphatic carbocycles. The highest BCUT2D eigenvalue weighted by molar-refractivity contribution is 6.34. The molecule has 1 aromatic heterocycles. The van der Waals surface area contributed by atoms with Crippen LogP contribution in [0.2, 0.25) is 10.0 Å². The van der Waals surface area contributed by atoms with Crippen LogP contribution in [0.5, 0.6) is 0 Å². The van der Waals surface area contributed by atoms with Gasteiger partial charge in [-0.15, -0.1) is 0 Å². The quantitative estimate of drug-likeness (QED) is 0.588. The third-order valence-corrected chi connectivity index (χ3v) is 6.02. The molecule has 9 heteroatoms. The van der Waals surface area contributed by atoms with Gasteiger partial charge in [-0.3, -0.25) is 9.59 Å². The second-order valence-electron chi connectivity index (χ2n) is 7.45. The van der Waals surface area contributed by atoms with Crippen LogP contribution < -0.4 is 10.6 Å². The molecule has 1 fully saturated rings. The van der Waals surface area contributed by atoms with Gasteiger partial charge in [0.2, 0.25) is 11.8 Å². The van der Waals surface area contributed by atoms with E-state index < -0.39 is 11.9 Å². The molecule has 0 bridgehead atoms. The number of aromatic nitrogens is 2. The molecule has 2 aromatic carbocycles. The molecular formula is C23H21Cl2N5O2. The zero-order valence-corrected chi connectivity index (χ0v) is 18.8. The molecular weight excluding hydrogens is 449 g/mol. The van der Waals surface area contributed by atoms with Gasteiger partial charge in [0.15, 0.2) is 0 Å². The molecule has 0 spiro atoms. The van der Waals surface area contributed by atoms with Gasteiger partial charge in [0, 0.05) is 35.6 Å². The largest absolute Gasteiger partial charge is 0.368 e. The first-order chi connectivity index (χ1) is 15.4. The molecule has 2 heterocycles. The maximum Gasteiger partial charge on any atom is 0.247 e. The van der Waals surface area contributed by atoms with E-state index in [1.807, 2.05) is 23.1 Å². The van der Waals surface area contributed by atoms with E-state index in [2.05, 4.69) is 9.97 Å². The molecule has 164 valence electrons. The fourth-order valence-corrected chi connectivity index (χ4v) is 4.28. The Kier molecular flexibility index (Phi) is 6.30. The number of carbonyl (C=O) groups excluding carboxylic acids is 2. The van der Waals surface area contributed by atoms with Crippen molar-refractivity contribution in [2.45, 2.75) is 13.0 Å². The zero-order valence-electron chi connectivity index (χ0n) is 17.3. The van der Waals surface area contributed by atoms with Crippen LogP contribution in [0.4, 0.5) is 5.82 Å². The summed E-state index contributed by atoms with van der Waals surface area (Å²) in [6.07, 6.45) is 4.55. The summed E-state index contributed by atoms with van der Waals surface area (Å²) in [6.45, 7) is 2.84. The summed E-state index contributed by atoms with van der Waals surface area (Å²) >= 11 is 12.6. The van der Waals surface area contributed by atoms with E-state index in [9.17, 15) is 9.59 Å². The highest BCUT2D eigenvalue weighted by atomic mass is 35.5. The number of amides is 2. The third kappa shape index (κ3) is 4.26. The van der Waals surface area contributed by atoms with Crippen molar-refractivity contribution in [2.24, 2.45) is 5.73 Å². The number of piperazine rings is 1. The average Bonchev–Trinajstić information content (AvgIpc) is 2.78. The number of nitrogens with zero attached hydrogens (tertiary/aromatic N) is 4. The second-order valence-corrected chi connectivity index (χ2v) is 8.29. The van der Waals surface area contributed by atoms with E-state index in [1.165, 1.54) is 17.3 Å². The lowest BCUT2D eigenvalue weighted by Crippen LogP contribution is -2.59. The number of hydrogen-bond donors (Lipinski definition) is 1. The first-order valence-corrected chi connectivity index (χ1v) is 10.8. The number of carbonyl (C=O) groups is 2. The van der Waals surface area contributed by atoms with E-state index in [4.69, 9.17) is 28.9 Å². The van der Waals surface area contributed by atoms with Gasteiger partial charge in [-0.2, -0.15) is 0 Å². The van der Waals surface area contributed by atoms with Crippen molar-refractivity contribution in [1.29, 1.82) is 0 Å². The number of benzene rings is 2. The number of hydrogen-bond acceptors (Lipinski definition) is 5. The molecule has 3 aromatic rings. The molecule has 7 nitrogen and oxygen atoms in total. The van der Waals surface area contributed by atoms with Crippen LogP contribution in [-0.4, -0.2) is 52.4 Å². The lowest BCUT2D eigenvalue weighted by Gasteiger charge is -2.40. The summed E-state index contributed by atoms with van der Waals surface area (Å²) in [5.74, 6) is -0.137. The normalized spacial score (nSPS) is 16.7. The SMILES string of the molecule is C/C=C/C(=O)N1CCN(c2ncnc3cc(Cl)c(-c4ccc(Cl)cc4)cc23)CC1C(N)=O. The third-order valence-electron chi connectivity index (χ3n) is 5.46. The summed E-state index contributed by atoms with van der Waals surface area (Å²) in [4.78, 5) is 36.8. The van der Waals surface area contributed by atoms with Gasteiger partial charge in [0.1, 0.15) is 18.2 Å². The summed E-state index contributed by atoms with van der Waals surface area (Å²) in [5, 5.41) is 1.98. The monoisotopic (exact) mass is 469 g/mol. The molecule has 2 N–H and O–H groups in total. The van der Waals surface area contributed by atoms with Crippen LogP contribution in [0.3, 0.4) is 0 Å². The van der Waals surface area contributed by atoms with Crippen molar-refractivity contribution in [3.8, 4) is 11.1 Å². The van der Waals surface area contributed by atoms with Crippen LogP contribution in [-0.2, 0) is 9.59 Å². The lowest BCUT2D eigenvalue weighted by molar-refractivity contribution is -0.136. The van der Waals surface area contributed by atoms with Crippen LogP contribution in [0.1, 0.15) is 6.92 Å². The van der Waals surface area contributed by atoms with Gasteiger partial charge in [0.05, 0.1) is 10.5 Å². The first kappa shape index (κ1) is 22.0. The van der Waals surface area contributed by atoms with Crippen LogP contribution in [0.25, 0.3) is 22.0 Å². The number of nitrogens with two attached hydrogens (primary N) is 1. The van der Waals surface area contributed by atoms with Crippen molar-refractivity contribution in [3.63, 3.8) is 0 Å². The Morgan fingerprint density at radius 3 is 2.56 bits per heavy atom. The molecule has 0 radical (unpaired) electrons. The van der Waals surface area contributed by atoms with Crippen LogP contribution >= 0.6 is 23.2 Å². The molecule has 1 saturated heterocycles. The molecule has 1 aliphatic rings. The summed E-state index contributed by atoms with van der Waals surface area (Å²) in [6, 6.07) is 10.4. The molecule has 1 unspecified atom stereocenters. The highest BCUT2D eigenvalue weighted by Crippen LogP contribution is 2.35. The molecule has 32 heavy (non-hydrogen) atoms. The maximum atomic E-state index is 12.4. The number of halogens is 2. The number of allylic oxidation sites excluding steroid dienone is 1. The fourth-order valence-electron chi connectivity index (χ4n) is 3.89. The topological polar surface area (TPSA) is 92.4 Å². The van der Waals surface area contributed by atoms with Crippen molar-refractivity contribution >= 4 is 51.7 Å². The molecule has 1 aliphatic heterocycles. The Balaban J connectivity index is 1.74. The number of anilines is 1. The summed E-state index contributed by atoms with van der Waals surface area (Å²) in [7, 11) is 0. The van der Waals surface area contributed by atoms with Crippen molar-refractivity contribution < 1.29 is 9.59 Å². The van der Waals surface area contributed by atoms with Gasteiger partial charge in [-0.1, -0.05) is 41.4 Å². The molecule has 4 rings (SSSR count). The van der Waals surface area contributed by atoms with Gasteiger partial charge in [-0.25, -0.2) is 9.97 Å². The maximum absolute atomic E-state index is 12.4. The Labute approximate surface area is 195 Å². The predicted molar refractivity (Wildman–Crippen MR) is 127 cm³/mol. The Bertz CT molecular complexity index is 1210. The number of primary amides is 1. The minimum atomic E-state index is -0.763. The van der Waals surface area contributed by atoms with Crippen molar-refractivity contribution in [2.75, 3.05) is 24.5 Å². The van der Waals surface area contributed by atoms with E-state index >= 15 is 0 Å². The summed E-state index contributed by atoms with van der Waals surface area (Å²) in [5.41, 5.74) is 8.04. The van der Waals surface area contributed by atoms with Crippen molar-refractivity contribution in [3.05, 3.63) is 64.9 Å². The number of fused-ring (bicyclic) bond motifs is 1. The van der Waals surface area contributed by atoms with E-state index in [-0.39, 0.29) is 12.5 Å². The van der Waals surface area contributed by atoms with Gasteiger partial charge >= 0.3 is 0 Å². The van der Waals surface area contributed by atoms with Crippen LogP contribution in [0, 0.1) is 0 Å². The average molecular weight is 470 g/mol. The first-order valence-electron chi connectivity index (χ1n) is 10.1. The van der Waals surface area contributed by atoms with E-state index in [0.29, 0.717) is 34.5 Å². The van der Waals surface area contributed by atoms with Gasteiger partial charge in [-0.05, 0) is 42.8 Å². The zero-order chi connectivity index (χ0) is 22.8. The minimum Gasteiger partial charge on any atom is -0.368 e. The van der Waals surface area contributed by atoms with E-state index in [1.54, 1.807) is 31.2 Å². The lowest BCUT2D eigenvalue weighted by atomic mass is 10.0. The molecule has 2 amide bonds. The molecule has 1 atom stereocenters. The standard InChI is InChI=1S/C23H21Cl2N5O2/c1-2-3-21(31)30-9-8-29(12-20(30)22(26)32)23-17-10-16(14-4-6-15(24)7-5-14)18(25)11-19(17)27-13-28-23/h2-7,10-11,13,20H,8-9,12H2,1H3,(H2,26,32)/b3-2+. The Morgan fingerprint density at radius 2 is 1.88 bits per heavy atom. The molecule has 0 saturated carbocycles. The van der Waals surface area contributed by atoms with E-state index in [0.717, 1.165) is 16.5 Å². The highest BCUT2D eigenvalue weighted by Gasteiger charge is 2.34. The fraction of sp³-hybridized carbons (Fsp3) is 0.217. The Hall–Kier alpha value is -3.16. The van der Waals surface area contributed by atoms with Crippen LogP contribution in [0.15, 0.2) is 54.9 Å². The summed E-state index contributed by atoms with van der Waals surface area (Å²) < 4.78 is 0. The predicted octanol–water partition coefficient (Wildman–Crippen LogP) is 3.68. The smallest absolute Gasteiger partial charge is 0.247 e. The minimum absolute atomic E-state index is 0.236. The van der Waals surface area contributed by atoms with Gasteiger partial charge in [0.25, 0.3) is 0 Å². The van der Waals surface area contributed by atoms with Gasteiger partial charge < -0.3 is 15.5 Å². The second kappa shape index (κ2) is 9.14. The Morgan fingerprint density at radius 1 is 1.12 bits per heavy atom.